The fourth-order valence-corrected chi connectivity index (χ4v) is 4.12. The zero-order chi connectivity index (χ0) is 21.0. The Morgan fingerprint density at radius 2 is 2.03 bits per heavy atom. The van der Waals surface area contributed by atoms with E-state index in [0.29, 0.717) is 26.9 Å². The molecular formula is C18H21ClN6O2S2. The number of nitrogens with zero attached hydrogens (tertiary/aromatic N) is 5. The number of amides is 1. The van der Waals surface area contributed by atoms with Crippen LogP contribution in [0.2, 0.25) is 5.02 Å². The van der Waals surface area contributed by atoms with E-state index in [2.05, 4.69) is 25.7 Å². The molecule has 0 saturated heterocycles. The Hall–Kier alpha value is -2.17. The lowest BCUT2D eigenvalue weighted by Crippen LogP contribution is -2.22. The Labute approximate surface area is 182 Å². The average molecular weight is 453 g/mol. The molecule has 2 atom stereocenters. The Bertz CT molecular complexity index is 992. The summed E-state index contributed by atoms with van der Waals surface area (Å²) < 4.78 is 7.73. The summed E-state index contributed by atoms with van der Waals surface area (Å²) in [4.78, 5) is 12.5. The number of aromatic nitrogens is 5. The number of carbonyl (C=O) groups is 1. The molecule has 2 heterocycles. The van der Waals surface area contributed by atoms with Gasteiger partial charge in [-0.3, -0.25) is 10.1 Å². The third-order valence-electron chi connectivity index (χ3n) is 4.02. The van der Waals surface area contributed by atoms with E-state index in [4.69, 9.17) is 16.3 Å². The predicted molar refractivity (Wildman–Crippen MR) is 115 cm³/mol. The summed E-state index contributed by atoms with van der Waals surface area (Å²) in [5.74, 6) is 1.05. The summed E-state index contributed by atoms with van der Waals surface area (Å²) in [5, 5.41) is 21.3. The summed E-state index contributed by atoms with van der Waals surface area (Å²) >= 11 is 8.84. The molecule has 3 aromatic rings. The monoisotopic (exact) mass is 452 g/mol. The first-order valence-corrected chi connectivity index (χ1v) is 11.1. The largest absolute Gasteiger partial charge is 0.481 e. The lowest BCUT2D eigenvalue weighted by atomic mass is 10.3. The van der Waals surface area contributed by atoms with Gasteiger partial charge in [0.2, 0.25) is 11.0 Å². The summed E-state index contributed by atoms with van der Waals surface area (Å²) in [5.41, 5.74) is 0. The standard InChI is InChI=1S/C18H21ClN6O2S2/c1-5-14-21-23-17(29-14)20-16(26)11(3)28-18-24-22-15(25(18)4)10(2)27-13-9-7-6-8-12(13)19/h6-11H,5H2,1-4H3,(H,20,23,26). The first-order valence-electron chi connectivity index (χ1n) is 8.99. The number of hydrogen-bond acceptors (Lipinski definition) is 8. The summed E-state index contributed by atoms with van der Waals surface area (Å²) in [7, 11) is 1.84. The molecule has 0 aliphatic carbocycles. The smallest absolute Gasteiger partial charge is 0.239 e. The summed E-state index contributed by atoms with van der Waals surface area (Å²) in [6.45, 7) is 5.67. The number of aryl methyl sites for hydroxylation is 1. The van der Waals surface area contributed by atoms with E-state index >= 15 is 0 Å². The molecule has 11 heteroatoms. The number of carbonyl (C=O) groups excluding carboxylic acids is 1. The summed E-state index contributed by atoms with van der Waals surface area (Å²) in [6.07, 6.45) is 0.424. The number of benzene rings is 1. The van der Waals surface area contributed by atoms with E-state index in [-0.39, 0.29) is 17.3 Å². The normalized spacial score (nSPS) is 13.1. The Morgan fingerprint density at radius 1 is 1.28 bits per heavy atom. The molecule has 0 spiro atoms. The van der Waals surface area contributed by atoms with E-state index in [1.807, 2.05) is 37.6 Å². The number of thioether (sulfide) groups is 1. The second kappa shape index (κ2) is 9.55. The maximum absolute atomic E-state index is 12.5. The average Bonchev–Trinajstić information content (AvgIpc) is 3.30. The third kappa shape index (κ3) is 5.26. The zero-order valence-electron chi connectivity index (χ0n) is 16.4. The predicted octanol–water partition coefficient (Wildman–Crippen LogP) is 4.14. The van der Waals surface area contributed by atoms with Gasteiger partial charge in [-0.15, -0.1) is 20.4 Å². The highest BCUT2D eigenvalue weighted by Crippen LogP contribution is 2.30. The summed E-state index contributed by atoms with van der Waals surface area (Å²) in [6, 6.07) is 7.26. The first kappa shape index (κ1) is 21.5. The Kier molecular flexibility index (Phi) is 7.09. The molecule has 1 amide bonds. The number of hydrogen-bond donors (Lipinski definition) is 1. The minimum Gasteiger partial charge on any atom is -0.481 e. The van der Waals surface area contributed by atoms with Crippen molar-refractivity contribution in [1.82, 2.24) is 25.0 Å². The molecular weight excluding hydrogens is 432 g/mol. The fourth-order valence-electron chi connectivity index (χ4n) is 2.43. The van der Waals surface area contributed by atoms with E-state index in [0.717, 1.165) is 11.4 Å². The molecule has 1 aromatic carbocycles. The van der Waals surface area contributed by atoms with Crippen LogP contribution in [-0.2, 0) is 18.3 Å². The Morgan fingerprint density at radius 3 is 2.72 bits per heavy atom. The molecule has 0 fully saturated rings. The van der Waals surface area contributed by atoms with Crippen LogP contribution >= 0.6 is 34.7 Å². The highest BCUT2D eigenvalue weighted by molar-refractivity contribution is 8.00. The van der Waals surface area contributed by atoms with Crippen LogP contribution in [-0.4, -0.2) is 36.1 Å². The molecule has 154 valence electrons. The van der Waals surface area contributed by atoms with Gasteiger partial charge < -0.3 is 9.30 Å². The van der Waals surface area contributed by atoms with Gasteiger partial charge in [0.15, 0.2) is 17.1 Å². The van der Waals surface area contributed by atoms with Gasteiger partial charge >= 0.3 is 0 Å². The Balaban J connectivity index is 1.63. The second-order valence-electron chi connectivity index (χ2n) is 6.19. The van der Waals surface area contributed by atoms with Gasteiger partial charge in [-0.2, -0.15) is 0 Å². The van der Waals surface area contributed by atoms with Crippen LogP contribution in [0.15, 0.2) is 29.4 Å². The van der Waals surface area contributed by atoms with Crippen molar-refractivity contribution in [2.45, 2.75) is 43.7 Å². The van der Waals surface area contributed by atoms with Crippen molar-refractivity contribution in [3.8, 4) is 5.75 Å². The number of rotatable bonds is 8. The molecule has 0 bridgehead atoms. The lowest BCUT2D eigenvalue weighted by Gasteiger charge is -2.15. The van der Waals surface area contributed by atoms with E-state index in [1.165, 1.54) is 23.1 Å². The number of anilines is 1. The van der Waals surface area contributed by atoms with Gasteiger partial charge in [-0.25, -0.2) is 0 Å². The molecule has 8 nitrogen and oxygen atoms in total. The van der Waals surface area contributed by atoms with Crippen molar-refractivity contribution in [3.63, 3.8) is 0 Å². The van der Waals surface area contributed by atoms with Crippen LogP contribution in [0.1, 0.15) is 37.7 Å². The second-order valence-corrected chi connectivity index (χ2v) is 8.97. The van der Waals surface area contributed by atoms with Crippen molar-refractivity contribution < 1.29 is 9.53 Å². The van der Waals surface area contributed by atoms with Crippen molar-refractivity contribution >= 4 is 45.7 Å². The quantitative estimate of drug-likeness (QED) is 0.513. The SMILES string of the molecule is CCc1nnc(NC(=O)C(C)Sc2nnc(C(C)Oc3ccccc3Cl)n2C)s1. The van der Waals surface area contributed by atoms with Gasteiger partial charge in [0.25, 0.3) is 0 Å². The van der Waals surface area contributed by atoms with E-state index in [1.54, 1.807) is 19.1 Å². The van der Waals surface area contributed by atoms with Crippen molar-refractivity contribution in [3.05, 3.63) is 40.1 Å². The van der Waals surface area contributed by atoms with Crippen LogP contribution in [0.4, 0.5) is 5.13 Å². The molecule has 0 radical (unpaired) electrons. The van der Waals surface area contributed by atoms with Crippen molar-refractivity contribution in [1.29, 1.82) is 0 Å². The molecule has 0 aliphatic rings. The molecule has 2 unspecified atom stereocenters. The van der Waals surface area contributed by atoms with E-state index < -0.39 is 0 Å². The van der Waals surface area contributed by atoms with Gasteiger partial charge in [-0.05, 0) is 32.4 Å². The van der Waals surface area contributed by atoms with Crippen LogP contribution < -0.4 is 10.1 Å². The fraction of sp³-hybridized carbons (Fsp3) is 0.389. The van der Waals surface area contributed by atoms with Gasteiger partial charge in [0.05, 0.1) is 10.3 Å². The van der Waals surface area contributed by atoms with E-state index in [9.17, 15) is 4.79 Å². The molecule has 1 N–H and O–H groups in total. The molecule has 2 aromatic heterocycles. The van der Waals surface area contributed by atoms with Gasteiger partial charge in [-0.1, -0.05) is 53.8 Å². The van der Waals surface area contributed by atoms with Gasteiger partial charge in [0.1, 0.15) is 10.8 Å². The molecule has 3 rings (SSSR count). The minimum absolute atomic E-state index is 0.168. The van der Waals surface area contributed by atoms with Crippen LogP contribution in [0.25, 0.3) is 0 Å². The molecule has 29 heavy (non-hydrogen) atoms. The van der Waals surface area contributed by atoms with Crippen LogP contribution in [0.3, 0.4) is 0 Å². The lowest BCUT2D eigenvalue weighted by molar-refractivity contribution is -0.115. The maximum Gasteiger partial charge on any atom is 0.239 e. The zero-order valence-corrected chi connectivity index (χ0v) is 18.8. The number of halogens is 1. The third-order valence-corrected chi connectivity index (χ3v) is 6.45. The van der Waals surface area contributed by atoms with Crippen molar-refractivity contribution in [2.75, 3.05) is 5.32 Å². The number of para-hydroxylation sites is 1. The van der Waals surface area contributed by atoms with Crippen LogP contribution in [0.5, 0.6) is 5.75 Å². The topological polar surface area (TPSA) is 94.8 Å². The van der Waals surface area contributed by atoms with Crippen LogP contribution in [0, 0.1) is 0 Å². The molecule has 0 aliphatic heterocycles. The van der Waals surface area contributed by atoms with Gasteiger partial charge in [0, 0.05) is 7.05 Å². The molecule has 0 saturated carbocycles. The highest BCUT2D eigenvalue weighted by atomic mass is 35.5. The number of nitrogens with one attached hydrogen (secondary N) is 1. The van der Waals surface area contributed by atoms with Crippen molar-refractivity contribution in [2.24, 2.45) is 7.05 Å². The first-order chi connectivity index (χ1) is 13.9. The maximum atomic E-state index is 12.5. The highest BCUT2D eigenvalue weighted by Gasteiger charge is 2.22. The minimum atomic E-state index is -0.389. The number of ether oxygens (including phenoxy) is 1.